The number of nitrogens with one attached hydrogen (secondary N) is 1. The first kappa shape index (κ1) is 15.2. The zero-order valence-corrected chi connectivity index (χ0v) is 13.0. The number of aromatic nitrogens is 2. The van der Waals surface area contributed by atoms with Crippen LogP contribution in [0.3, 0.4) is 0 Å². The van der Waals surface area contributed by atoms with E-state index in [9.17, 15) is 0 Å². The van der Waals surface area contributed by atoms with Crippen molar-refractivity contribution in [3.05, 3.63) is 10.7 Å². The van der Waals surface area contributed by atoms with Crippen LogP contribution in [0.5, 0.6) is 5.88 Å². The highest BCUT2D eigenvalue weighted by Crippen LogP contribution is 2.22. The molecule has 1 rings (SSSR count). The quantitative estimate of drug-likeness (QED) is 0.791. The number of halogens is 1. The minimum Gasteiger partial charge on any atom is -0.480 e. The maximum Gasteiger partial charge on any atom is 0.232 e. The van der Waals surface area contributed by atoms with Crippen LogP contribution in [0.25, 0.3) is 0 Å². The molecule has 1 atom stereocenters. The second kappa shape index (κ2) is 8.29. The molecule has 0 amide bonds. The van der Waals surface area contributed by atoms with E-state index < -0.39 is 0 Å². The highest BCUT2D eigenvalue weighted by molar-refractivity contribution is 9.10. The Morgan fingerprint density at radius 1 is 1.44 bits per heavy atom. The number of unbranched alkanes of at least 4 members (excludes halogenated alkanes) is 1. The van der Waals surface area contributed by atoms with E-state index in [0.717, 1.165) is 11.0 Å². The van der Waals surface area contributed by atoms with Crippen molar-refractivity contribution in [1.29, 1.82) is 0 Å². The number of hydrogen-bond donors (Lipinski definition) is 1. The Kier molecular flexibility index (Phi) is 7.01. The molecule has 0 fully saturated rings. The monoisotopic (exact) mass is 315 g/mol. The average molecular weight is 316 g/mol. The van der Waals surface area contributed by atoms with Crippen LogP contribution >= 0.6 is 15.9 Å². The molecule has 0 aromatic carbocycles. The van der Waals surface area contributed by atoms with Gasteiger partial charge in [-0.15, -0.1) is 0 Å². The van der Waals surface area contributed by atoms with E-state index in [4.69, 9.17) is 4.74 Å². The van der Waals surface area contributed by atoms with E-state index >= 15 is 0 Å². The lowest BCUT2D eigenvalue weighted by atomic mass is 9.99. The van der Waals surface area contributed by atoms with Gasteiger partial charge in [0.1, 0.15) is 0 Å². The van der Waals surface area contributed by atoms with Crippen LogP contribution < -0.4 is 10.1 Å². The standard InChI is InChI=1S/C13H22BrN3O/c1-4-6-7-10(5-2)8-15-13-16-9-11(14)12(17-13)18-3/h9-10H,4-8H2,1-3H3,(H,15,16,17). The summed E-state index contributed by atoms with van der Waals surface area (Å²) in [6.07, 6.45) is 6.68. The molecular formula is C13H22BrN3O. The zero-order chi connectivity index (χ0) is 13.4. The maximum absolute atomic E-state index is 5.15. The van der Waals surface area contributed by atoms with Crippen LogP contribution in [0.15, 0.2) is 10.7 Å². The number of rotatable bonds is 8. The molecule has 1 unspecified atom stereocenters. The molecule has 0 bridgehead atoms. The van der Waals surface area contributed by atoms with E-state index in [0.29, 0.717) is 17.7 Å². The van der Waals surface area contributed by atoms with Gasteiger partial charge in [0.15, 0.2) is 0 Å². The van der Waals surface area contributed by atoms with E-state index in [1.165, 1.54) is 25.7 Å². The van der Waals surface area contributed by atoms with Gasteiger partial charge < -0.3 is 10.1 Å². The Bertz CT molecular complexity index is 360. The highest BCUT2D eigenvalue weighted by atomic mass is 79.9. The molecule has 0 aliphatic rings. The van der Waals surface area contributed by atoms with Crippen LogP contribution in [0.2, 0.25) is 0 Å². The number of anilines is 1. The van der Waals surface area contributed by atoms with Crippen molar-refractivity contribution >= 4 is 21.9 Å². The molecule has 0 aliphatic heterocycles. The van der Waals surface area contributed by atoms with E-state index in [-0.39, 0.29) is 0 Å². The Balaban J connectivity index is 2.51. The molecule has 5 heteroatoms. The summed E-state index contributed by atoms with van der Waals surface area (Å²) in [6.45, 7) is 5.37. The van der Waals surface area contributed by atoms with Crippen molar-refractivity contribution in [2.24, 2.45) is 5.92 Å². The Morgan fingerprint density at radius 2 is 2.22 bits per heavy atom. The number of methoxy groups -OCH3 is 1. The summed E-state index contributed by atoms with van der Waals surface area (Å²) in [5.74, 6) is 1.88. The lowest BCUT2D eigenvalue weighted by Gasteiger charge is -2.15. The maximum atomic E-state index is 5.15. The van der Waals surface area contributed by atoms with E-state index in [1.807, 2.05) is 0 Å². The summed E-state index contributed by atoms with van der Waals surface area (Å²) in [6, 6.07) is 0. The molecule has 0 spiro atoms. The molecule has 1 heterocycles. The van der Waals surface area contributed by atoms with Gasteiger partial charge in [-0.3, -0.25) is 0 Å². The number of hydrogen-bond acceptors (Lipinski definition) is 4. The smallest absolute Gasteiger partial charge is 0.232 e. The van der Waals surface area contributed by atoms with Crippen molar-refractivity contribution in [3.63, 3.8) is 0 Å². The molecule has 4 nitrogen and oxygen atoms in total. The molecule has 102 valence electrons. The molecule has 1 aromatic rings. The van der Waals surface area contributed by atoms with Crippen molar-refractivity contribution in [2.75, 3.05) is 19.0 Å². The minimum atomic E-state index is 0.564. The van der Waals surface area contributed by atoms with Gasteiger partial charge in [-0.05, 0) is 28.3 Å². The van der Waals surface area contributed by atoms with Crippen LogP contribution in [-0.4, -0.2) is 23.6 Å². The minimum absolute atomic E-state index is 0.564. The van der Waals surface area contributed by atoms with Crippen molar-refractivity contribution in [3.8, 4) is 5.88 Å². The summed E-state index contributed by atoms with van der Waals surface area (Å²) < 4.78 is 5.92. The molecule has 18 heavy (non-hydrogen) atoms. The SMILES string of the molecule is CCCCC(CC)CNc1ncc(Br)c(OC)n1. The molecular weight excluding hydrogens is 294 g/mol. The van der Waals surface area contributed by atoms with E-state index in [2.05, 4.69) is 45.1 Å². The first-order valence-electron chi connectivity index (χ1n) is 6.51. The van der Waals surface area contributed by atoms with Crippen LogP contribution in [0.4, 0.5) is 5.95 Å². The average Bonchev–Trinajstić information content (AvgIpc) is 2.40. The summed E-state index contributed by atoms with van der Waals surface area (Å²) in [5.41, 5.74) is 0. The molecule has 0 aliphatic carbocycles. The largest absolute Gasteiger partial charge is 0.480 e. The molecule has 1 N–H and O–H groups in total. The number of nitrogens with zero attached hydrogens (tertiary/aromatic N) is 2. The van der Waals surface area contributed by atoms with Crippen LogP contribution in [0.1, 0.15) is 39.5 Å². The molecule has 0 radical (unpaired) electrons. The van der Waals surface area contributed by atoms with Gasteiger partial charge in [-0.25, -0.2) is 4.98 Å². The fraction of sp³-hybridized carbons (Fsp3) is 0.692. The molecule has 0 saturated heterocycles. The predicted molar refractivity (Wildman–Crippen MR) is 78.1 cm³/mol. The lowest BCUT2D eigenvalue weighted by Crippen LogP contribution is -2.15. The normalized spacial score (nSPS) is 12.2. The van der Waals surface area contributed by atoms with Gasteiger partial charge in [0, 0.05) is 6.54 Å². The first-order chi connectivity index (χ1) is 8.71. The van der Waals surface area contributed by atoms with Gasteiger partial charge >= 0.3 is 0 Å². The topological polar surface area (TPSA) is 47.0 Å². The third-order valence-corrected chi connectivity index (χ3v) is 3.54. The predicted octanol–water partition coefficient (Wildman–Crippen LogP) is 3.88. The van der Waals surface area contributed by atoms with Gasteiger partial charge in [-0.1, -0.05) is 33.1 Å². The van der Waals surface area contributed by atoms with Gasteiger partial charge in [-0.2, -0.15) is 4.98 Å². The van der Waals surface area contributed by atoms with E-state index in [1.54, 1.807) is 13.3 Å². The van der Waals surface area contributed by atoms with Gasteiger partial charge in [0.25, 0.3) is 0 Å². The zero-order valence-electron chi connectivity index (χ0n) is 11.4. The molecule has 0 saturated carbocycles. The van der Waals surface area contributed by atoms with Crippen molar-refractivity contribution in [2.45, 2.75) is 39.5 Å². The third kappa shape index (κ3) is 4.80. The van der Waals surface area contributed by atoms with Gasteiger partial charge in [0.05, 0.1) is 17.8 Å². The fourth-order valence-corrected chi connectivity index (χ4v) is 2.11. The fourth-order valence-electron chi connectivity index (χ4n) is 1.76. The summed E-state index contributed by atoms with van der Waals surface area (Å²) in [7, 11) is 1.60. The second-order valence-electron chi connectivity index (χ2n) is 4.35. The van der Waals surface area contributed by atoms with Crippen molar-refractivity contribution in [1.82, 2.24) is 9.97 Å². The second-order valence-corrected chi connectivity index (χ2v) is 5.20. The Hall–Kier alpha value is -0.840. The summed E-state index contributed by atoms with van der Waals surface area (Å²) in [5, 5.41) is 3.28. The van der Waals surface area contributed by atoms with Crippen LogP contribution in [-0.2, 0) is 0 Å². The van der Waals surface area contributed by atoms with Crippen molar-refractivity contribution < 1.29 is 4.74 Å². The first-order valence-corrected chi connectivity index (χ1v) is 7.30. The Morgan fingerprint density at radius 3 is 2.83 bits per heavy atom. The summed E-state index contributed by atoms with van der Waals surface area (Å²) >= 11 is 3.34. The number of ether oxygens (including phenoxy) is 1. The Labute approximate surface area is 118 Å². The van der Waals surface area contributed by atoms with Gasteiger partial charge in [0.2, 0.25) is 11.8 Å². The van der Waals surface area contributed by atoms with Crippen LogP contribution in [0, 0.1) is 5.92 Å². The summed E-state index contributed by atoms with van der Waals surface area (Å²) in [4.78, 5) is 8.51. The highest BCUT2D eigenvalue weighted by Gasteiger charge is 2.08. The molecule has 1 aromatic heterocycles. The third-order valence-electron chi connectivity index (χ3n) is 3.00. The lowest BCUT2D eigenvalue weighted by molar-refractivity contribution is 0.394.